The lowest BCUT2D eigenvalue weighted by Crippen LogP contribution is -2.49. The van der Waals surface area contributed by atoms with Gasteiger partial charge in [0.2, 0.25) is 5.91 Å². The highest BCUT2D eigenvalue weighted by molar-refractivity contribution is 5.82. The van der Waals surface area contributed by atoms with Crippen molar-refractivity contribution in [3.05, 3.63) is 0 Å². The van der Waals surface area contributed by atoms with Crippen molar-refractivity contribution < 1.29 is 19.4 Å². The van der Waals surface area contributed by atoms with Gasteiger partial charge in [-0.05, 0) is 58.8 Å². The first kappa shape index (κ1) is 22.3. The molecule has 3 rings (SSSR count). The van der Waals surface area contributed by atoms with Crippen LogP contribution in [0, 0.1) is 5.92 Å². The van der Waals surface area contributed by atoms with E-state index in [1.807, 2.05) is 20.8 Å². The molecule has 0 radical (unpaired) electrons. The first-order chi connectivity index (χ1) is 13.7. The smallest absolute Gasteiger partial charge is 0.410 e. The maximum atomic E-state index is 12.9. The standard InChI is InChI=1S/C22H39N3O4/c1-22(2,3)29-21(28)24-11-9-16(10-12-24)14-25-15-18(26)13-19(25)20(27)23-17-7-5-4-6-8-17/h16-19,26H,4-15H2,1-3H3,(H,23,27)/t18-,19-/m1/s1. The average Bonchev–Trinajstić information content (AvgIpc) is 3.02. The summed E-state index contributed by atoms with van der Waals surface area (Å²) < 4.78 is 5.47. The predicted molar refractivity (Wildman–Crippen MR) is 112 cm³/mol. The van der Waals surface area contributed by atoms with Crippen LogP contribution in [0.4, 0.5) is 4.79 Å². The van der Waals surface area contributed by atoms with E-state index in [-0.39, 0.29) is 18.0 Å². The van der Waals surface area contributed by atoms with E-state index in [0.29, 0.717) is 38.0 Å². The van der Waals surface area contributed by atoms with Crippen molar-refractivity contribution >= 4 is 12.0 Å². The third-order valence-corrected chi connectivity index (χ3v) is 6.39. The molecule has 7 heteroatoms. The summed E-state index contributed by atoms with van der Waals surface area (Å²) in [5.74, 6) is 0.517. The highest BCUT2D eigenvalue weighted by Crippen LogP contribution is 2.26. The number of hydrogen-bond donors (Lipinski definition) is 2. The van der Waals surface area contributed by atoms with Gasteiger partial charge in [0.15, 0.2) is 0 Å². The molecule has 166 valence electrons. The minimum Gasteiger partial charge on any atom is -0.444 e. The van der Waals surface area contributed by atoms with E-state index in [2.05, 4.69) is 10.2 Å². The zero-order valence-electron chi connectivity index (χ0n) is 18.4. The van der Waals surface area contributed by atoms with Crippen LogP contribution in [0.5, 0.6) is 0 Å². The number of nitrogens with one attached hydrogen (secondary N) is 1. The summed E-state index contributed by atoms with van der Waals surface area (Å²) >= 11 is 0. The van der Waals surface area contributed by atoms with E-state index in [1.165, 1.54) is 19.3 Å². The molecule has 3 fully saturated rings. The molecule has 0 aromatic carbocycles. The van der Waals surface area contributed by atoms with Gasteiger partial charge in [-0.2, -0.15) is 0 Å². The van der Waals surface area contributed by atoms with Gasteiger partial charge in [-0.3, -0.25) is 9.69 Å². The molecule has 0 aromatic rings. The van der Waals surface area contributed by atoms with Crippen LogP contribution in [0.25, 0.3) is 0 Å². The Morgan fingerprint density at radius 1 is 1.07 bits per heavy atom. The summed E-state index contributed by atoms with van der Waals surface area (Å²) in [7, 11) is 0. The van der Waals surface area contributed by atoms with E-state index in [1.54, 1.807) is 4.90 Å². The minimum absolute atomic E-state index is 0.0830. The van der Waals surface area contributed by atoms with Crippen molar-refractivity contribution in [3.63, 3.8) is 0 Å². The Hall–Kier alpha value is -1.34. The molecule has 3 aliphatic rings. The molecule has 2 amide bonds. The lowest BCUT2D eigenvalue weighted by Gasteiger charge is -2.36. The van der Waals surface area contributed by atoms with Gasteiger partial charge < -0.3 is 20.1 Å². The molecule has 0 unspecified atom stereocenters. The van der Waals surface area contributed by atoms with Crippen molar-refractivity contribution in [1.82, 2.24) is 15.1 Å². The first-order valence-corrected chi connectivity index (χ1v) is 11.4. The zero-order valence-corrected chi connectivity index (χ0v) is 18.4. The Bertz CT molecular complexity index is 563. The number of aliphatic hydroxyl groups is 1. The number of ether oxygens (including phenoxy) is 1. The Labute approximate surface area is 175 Å². The molecule has 2 N–H and O–H groups in total. The predicted octanol–water partition coefficient (Wildman–Crippen LogP) is 2.52. The van der Waals surface area contributed by atoms with Crippen molar-refractivity contribution in [2.24, 2.45) is 5.92 Å². The van der Waals surface area contributed by atoms with E-state index < -0.39 is 11.7 Å². The largest absolute Gasteiger partial charge is 0.444 e. The second kappa shape index (κ2) is 9.65. The normalized spacial score (nSPS) is 27.8. The molecule has 1 aliphatic carbocycles. The molecule has 0 aromatic heterocycles. The van der Waals surface area contributed by atoms with Gasteiger partial charge >= 0.3 is 6.09 Å². The Morgan fingerprint density at radius 2 is 1.72 bits per heavy atom. The summed E-state index contributed by atoms with van der Waals surface area (Å²) in [5, 5.41) is 13.4. The first-order valence-electron chi connectivity index (χ1n) is 11.4. The summed E-state index contributed by atoms with van der Waals surface area (Å²) in [6, 6.07) is 0.0729. The van der Waals surface area contributed by atoms with Gasteiger partial charge in [-0.25, -0.2) is 4.79 Å². The van der Waals surface area contributed by atoms with Crippen LogP contribution < -0.4 is 5.32 Å². The zero-order chi connectivity index (χ0) is 21.0. The Kier molecular flexibility index (Phi) is 7.43. The fourth-order valence-corrected chi connectivity index (χ4v) is 4.85. The average molecular weight is 410 g/mol. The molecule has 0 bridgehead atoms. The molecule has 2 saturated heterocycles. The quantitative estimate of drug-likeness (QED) is 0.746. The number of nitrogens with zero attached hydrogens (tertiary/aromatic N) is 2. The number of hydrogen-bond acceptors (Lipinski definition) is 5. The summed E-state index contributed by atoms with van der Waals surface area (Å²) in [5.41, 5.74) is -0.474. The summed E-state index contributed by atoms with van der Waals surface area (Å²) in [6.07, 6.45) is 7.46. The maximum Gasteiger partial charge on any atom is 0.410 e. The number of rotatable bonds is 4. The van der Waals surface area contributed by atoms with Gasteiger partial charge in [-0.15, -0.1) is 0 Å². The second-order valence-corrected chi connectivity index (χ2v) is 10.1. The molecule has 1 saturated carbocycles. The topological polar surface area (TPSA) is 82.1 Å². The second-order valence-electron chi connectivity index (χ2n) is 10.1. The molecule has 2 aliphatic heterocycles. The molecule has 2 atom stereocenters. The van der Waals surface area contributed by atoms with Crippen molar-refractivity contribution in [1.29, 1.82) is 0 Å². The number of piperidine rings is 1. The van der Waals surface area contributed by atoms with Crippen molar-refractivity contribution in [2.45, 2.75) is 95.9 Å². The van der Waals surface area contributed by atoms with Gasteiger partial charge in [0.1, 0.15) is 5.60 Å². The fraction of sp³-hybridized carbons (Fsp3) is 0.909. The SMILES string of the molecule is CC(C)(C)OC(=O)N1CCC(CN2C[C@H](O)C[C@@H]2C(=O)NC2CCCCC2)CC1. The maximum absolute atomic E-state index is 12.9. The van der Waals surface area contributed by atoms with Crippen LogP contribution >= 0.6 is 0 Å². The van der Waals surface area contributed by atoms with E-state index in [9.17, 15) is 14.7 Å². The van der Waals surface area contributed by atoms with Crippen molar-refractivity contribution in [3.8, 4) is 0 Å². The molecular weight excluding hydrogens is 370 g/mol. The van der Waals surface area contributed by atoms with E-state index >= 15 is 0 Å². The van der Waals surface area contributed by atoms with Gasteiger partial charge in [0.25, 0.3) is 0 Å². The number of amides is 2. The number of likely N-dealkylation sites (tertiary alicyclic amines) is 2. The molecule has 29 heavy (non-hydrogen) atoms. The lowest BCUT2D eigenvalue weighted by atomic mass is 9.94. The summed E-state index contributed by atoms with van der Waals surface area (Å²) in [4.78, 5) is 29.0. The molecular formula is C22H39N3O4. The van der Waals surface area contributed by atoms with Crippen LogP contribution in [0.1, 0.15) is 72.1 Å². The molecule has 7 nitrogen and oxygen atoms in total. The number of carbonyl (C=O) groups is 2. The van der Waals surface area contributed by atoms with Crippen LogP contribution in [0.2, 0.25) is 0 Å². The minimum atomic E-state index is -0.474. The molecule has 0 spiro atoms. The van der Waals surface area contributed by atoms with Crippen LogP contribution in [-0.4, -0.2) is 76.9 Å². The Balaban J connectivity index is 1.47. The van der Waals surface area contributed by atoms with Gasteiger partial charge in [-0.1, -0.05) is 19.3 Å². The Morgan fingerprint density at radius 3 is 2.34 bits per heavy atom. The number of carbonyl (C=O) groups excluding carboxylic acids is 2. The lowest BCUT2D eigenvalue weighted by molar-refractivity contribution is -0.126. The van der Waals surface area contributed by atoms with Gasteiger partial charge in [0, 0.05) is 32.2 Å². The van der Waals surface area contributed by atoms with Gasteiger partial charge in [0.05, 0.1) is 12.1 Å². The highest BCUT2D eigenvalue weighted by atomic mass is 16.6. The summed E-state index contributed by atoms with van der Waals surface area (Å²) in [6.45, 7) is 8.40. The third-order valence-electron chi connectivity index (χ3n) is 6.39. The van der Waals surface area contributed by atoms with Crippen LogP contribution in [0.15, 0.2) is 0 Å². The third kappa shape index (κ3) is 6.57. The van der Waals surface area contributed by atoms with E-state index in [0.717, 1.165) is 32.2 Å². The van der Waals surface area contributed by atoms with Crippen LogP contribution in [-0.2, 0) is 9.53 Å². The monoisotopic (exact) mass is 409 g/mol. The number of β-amino-alcohol motifs (C(OH)–C–C–N with tert-alkyl or cyclic N) is 1. The van der Waals surface area contributed by atoms with Crippen molar-refractivity contribution in [2.75, 3.05) is 26.2 Å². The highest BCUT2D eigenvalue weighted by Gasteiger charge is 2.38. The molecule has 2 heterocycles. The fourth-order valence-electron chi connectivity index (χ4n) is 4.85. The van der Waals surface area contributed by atoms with Crippen LogP contribution in [0.3, 0.4) is 0 Å². The number of aliphatic hydroxyl groups excluding tert-OH is 1. The van der Waals surface area contributed by atoms with E-state index in [4.69, 9.17) is 4.74 Å².